The van der Waals surface area contributed by atoms with Gasteiger partial charge in [0.05, 0.1) is 23.2 Å². The molecule has 0 spiro atoms. The molecule has 6 nitrogen and oxygen atoms in total. The number of hydrogen-bond acceptors (Lipinski definition) is 5. The highest BCUT2D eigenvalue weighted by molar-refractivity contribution is 7.89. The smallest absolute Gasteiger partial charge is 0.276 e. The van der Waals surface area contributed by atoms with Crippen molar-refractivity contribution in [2.45, 2.75) is 4.90 Å². The summed E-state index contributed by atoms with van der Waals surface area (Å²) >= 11 is 5.81. The summed E-state index contributed by atoms with van der Waals surface area (Å²) in [6.07, 6.45) is 1.19. The summed E-state index contributed by atoms with van der Waals surface area (Å²) in [5.74, 6) is -0.642. The van der Waals surface area contributed by atoms with Crippen molar-refractivity contribution in [3.8, 4) is 11.5 Å². The zero-order valence-electron chi connectivity index (χ0n) is 11.8. The average Bonchev–Trinajstić information content (AvgIpc) is 2.51. The van der Waals surface area contributed by atoms with E-state index >= 15 is 0 Å². The van der Waals surface area contributed by atoms with E-state index in [9.17, 15) is 17.9 Å². The van der Waals surface area contributed by atoms with Crippen molar-refractivity contribution in [2.75, 3.05) is 7.11 Å². The lowest BCUT2D eigenvalue weighted by Gasteiger charge is -2.06. The van der Waals surface area contributed by atoms with Gasteiger partial charge in [0, 0.05) is 0 Å². The van der Waals surface area contributed by atoms with Crippen LogP contribution in [0.15, 0.2) is 46.4 Å². The van der Waals surface area contributed by atoms with Gasteiger partial charge < -0.3 is 9.84 Å². The number of methoxy groups -OCH3 is 1. The number of sulfonamides is 1. The predicted molar refractivity (Wildman–Crippen MR) is 84.0 cm³/mol. The molecule has 2 N–H and O–H groups in total. The first-order valence-electron chi connectivity index (χ1n) is 6.20. The Morgan fingerprint density at radius 2 is 1.96 bits per heavy atom. The zero-order valence-corrected chi connectivity index (χ0v) is 13.4. The van der Waals surface area contributed by atoms with Gasteiger partial charge in [-0.05, 0) is 42.0 Å². The van der Waals surface area contributed by atoms with E-state index in [1.165, 1.54) is 25.5 Å². The molecule has 0 unspecified atom stereocenters. The summed E-state index contributed by atoms with van der Waals surface area (Å²) in [6, 6.07) is 7.11. The van der Waals surface area contributed by atoms with Crippen molar-refractivity contribution in [3.05, 3.63) is 52.8 Å². The average molecular weight is 359 g/mol. The van der Waals surface area contributed by atoms with E-state index in [4.69, 9.17) is 16.3 Å². The lowest BCUT2D eigenvalue weighted by molar-refractivity contribution is 0.373. The van der Waals surface area contributed by atoms with Crippen LogP contribution in [0, 0.1) is 5.82 Å². The topological polar surface area (TPSA) is 88.0 Å². The quantitative estimate of drug-likeness (QED) is 0.635. The molecular weight excluding hydrogens is 347 g/mol. The molecule has 0 atom stereocenters. The Balaban J connectivity index is 2.18. The molecule has 0 heterocycles. The van der Waals surface area contributed by atoms with Crippen LogP contribution in [0.4, 0.5) is 4.39 Å². The van der Waals surface area contributed by atoms with Gasteiger partial charge in [0.15, 0.2) is 11.5 Å². The number of nitrogens with zero attached hydrogens (tertiary/aromatic N) is 1. The van der Waals surface area contributed by atoms with Gasteiger partial charge in [0.1, 0.15) is 5.82 Å². The molecular formula is C14H12ClFN2O4S. The van der Waals surface area contributed by atoms with Gasteiger partial charge >= 0.3 is 0 Å². The minimum Gasteiger partial charge on any atom is -0.503 e. The lowest BCUT2D eigenvalue weighted by atomic mass is 10.2. The second-order valence-electron chi connectivity index (χ2n) is 4.36. The normalized spacial score (nSPS) is 11.6. The van der Waals surface area contributed by atoms with Crippen LogP contribution >= 0.6 is 11.6 Å². The molecule has 2 rings (SSSR count). The number of ether oxygens (including phenoxy) is 1. The van der Waals surface area contributed by atoms with Crippen LogP contribution in [0.1, 0.15) is 5.56 Å². The van der Waals surface area contributed by atoms with Gasteiger partial charge in [0.25, 0.3) is 10.0 Å². The molecule has 0 bridgehead atoms. The fourth-order valence-electron chi connectivity index (χ4n) is 1.66. The first kappa shape index (κ1) is 17.0. The Hall–Kier alpha value is -2.32. The number of aromatic hydroxyl groups is 1. The molecule has 2 aromatic rings. The highest BCUT2D eigenvalue weighted by Gasteiger charge is 2.12. The summed E-state index contributed by atoms with van der Waals surface area (Å²) in [4.78, 5) is 1.86. The third kappa shape index (κ3) is 4.11. The number of nitrogens with one attached hydrogen (secondary N) is 1. The van der Waals surface area contributed by atoms with Crippen LogP contribution in [0.2, 0.25) is 5.02 Å². The maximum absolute atomic E-state index is 12.8. The van der Waals surface area contributed by atoms with Gasteiger partial charge in [-0.2, -0.15) is 13.5 Å². The van der Waals surface area contributed by atoms with Crippen molar-refractivity contribution in [1.29, 1.82) is 0 Å². The summed E-state index contributed by atoms with van der Waals surface area (Å²) in [6.45, 7) is 0. The standard InChI is InChI=1S/C14H12ClFN2O4S/c1-22-13-7-9(6-12(15)14(13)19)8-17-18-23(20,21)11-4-2-10(16)3-5-11/h2-8,18-19H,1H3/b17-8+. The van der Waals surface area contributed by atoms with Crippen LogP contribution < -0.4 is 9.57 Å². The van der Waals surface area contributed by atoms with E-state index in [2.05, 4.69) is 5.10 Å². The summed E-state index contributed by atoms with van der Waals surface area (Å²) in [5.41, 5.74) is 0.409. The molecule has 9 heteroatoms. The number of rotatable bonds is 5. The van der Waals surface area contributed by atoms with E-state index in [0.717, 1.165) is 24.3 Å². The predicted octanol–water partition coefficient (Wildman–Crippen LogP) is 2.51. The Bertz CT molecular complexity index is 839. The molecule has 2 aromatic carbocycles. The lowest BCUT2D eigenvalue weighted by Crippen LogP contribution is -2.18. The second kappa shape index (κ2) is 6.84. The molecule has 23 heavy (non-hydrogen) atoms. The van der Waals surface area contributed by atoms with Crippen LogP contribution in [0.5, 0.6) is 11.5 Å². The fraction of sp³-hybridized carbons (Fsp3) is 0.0714. The highest BCUT2D eigenvalue weighted by atomic mass is 35.5. The van der Waals surface area contributed by atoms with Crippen LogP contribution in [0.25, 0.3) is 0 Å². The minimum absolute atomic E-state index is 0.0344. The highest BCUT2D eigenvalue weighted by Crippen LogP contribution is 2.34. The maximum atomic E-state index is 12.8. The van der Waals surface area contributed by atoms with Gasteiger partial charge in [-0.3, -0.25) is 0 Å². The molecule has 0 aliphatic heterocycles. The van der Waals surface area contributed by atoms with E-state index in [1.807, 2.05) is 4.83 Å². The number of hydrogen-bond donors (Lipinski definition) is 2. The van der Waals surface area contributed by atoms with Crippen molar-refractivity contribution in [1.82, 2.24) is 4.83 Å². The van der Waals surface area contributed by atoms with Crippen molar-refractivity contribution < 1.29 is 22.7 Å². The summed E-state index contributed by atoms with van der Waals surface area (Å²) in [7, 11) is -2.56. The molecule has 0 saturated carbocycles. The van der Waals surface area contributed by atoms with E-state index in [1.54, 1.807) is 0 Å². The minimum atomic E-state index is -3.91. The molecule has 0 aliphatic carbocycles. The van der Waals surface area contributed by atoms with Crippen molar-refractivity contribution in [3.63, 3.8) is 0 Å². The molecule has 0 aromatic heterocycles. The number of phenols is 1. The van der Waals surface area contributed by atoms with Crippen molar-refractivity contribution in [2.24, 2.45) is 5.10 Å². The third-order valence-corrected chi connectivity index (χ3v) is 4.31. The fourth-order valence-corrected chi connectivity index (χ4v) is 2.67. The number of halogens is 2. The third-order valence-electron chi connectivity index (χ3n) is 2.78. The van der Waals surface area contributed by atoms with Gasteiger partial charge in [-0.1, -0.05) is 11.6 Å². The Morgan fingerprint density at radius 3 is 2.57 bits per heavy atom. The Kier molecular flexibility index (Phi) is 5.07. The Labute approximate surface area is 137 Å². The number of hydrazone groups is 1. The van der Waals surface area contributed by atoms with Gasteiger partial charge in [0.2, 0.25) is 0 Å². The molecule has 0 saturated heterocycles. The largest absolute Gasteiger partial charge is 0.503 e. The second-order valence-corrected chi connectivity index (χ2v) is 6.43. The van der Waals surface area contributed by atoms with E-state index in [-0.39, 0.29) is 21.4 Å². The number of benzene rings is 2. The first-order chi connectivity index (χ1) is 10.8. The van der Waals surface area contributed by atoms with Crippen molar-refractivity contribution >= 4 is 27.8 Å². The number of phenolic OH excluding ortho intramolecular Hbond substituents is 1. The van der Waals surface area contributed by atoms with Crippen LogP contribution in [0.3, 0.4) is 0 Å². The molecule has 0 radical (unpaired) electrons. The van der Waals surface area contributed by atoms with E-state index in [0.29, 0.717) is 5.56 Å². The molecule has 0 amide bonds. The van der Waals surface area contributed by atoms with Crippen LogP contribution in [-0.4, -0.2) is 26.8 Å². The summed E-state index contributed by atoms with van der Waals surface area (Å²) < 4.78 is 41.6. The SMILES string of the molecule is COc1cc(/C=N/NS(=O)(=O)c2ccc(F)cc2)cc(Cl)c1O. The van der Waals surface area contributed by atoms with Crippen LogP contribution in [-0.2, 0) is 10.0 Å². The van der Waals surface area contributed by atoms with Gasteiger partial charge in [-0.15, -0.1) is 0 Å². The molecule has 122 valence electrons. The first-order valence-corrected chi connectivity index (χ1v) is 8.06. The molecule has 0 fully saturated rings. The van der Waals surface area contributed by atoms with Gasteiger partial charge in [-0.25, -0.2) is 9.22 Å². The summed E-state index contributed by atoms with van der Waals surface area (Å²) in [5, 5.41) is 13.2. The monoisotopic (exact) mass is 358 g/mol. The Morgan fingerprint density at radius 1 is 1.30 bits per heavy atom. The maximum Gasteiger partial charge on any atom is 0.276 e. The van der Waals surface area contributed by atoms with E-state index < -0.39 is 15.8 Å². The molecule has 0 aliphatic rings. The zero-order chi connectivity index (χ0) is 17.0.